The van der Waals surface area contributed by atoms with Gasteiger partial charge in [-0.25, -0.2) is 4.39 Å². The van der Waals surface area contributed by atoms with Crippen LogP contribution in [0.4, 0.5) is 4.39 Å². The zero-order valence-corrected chi connectivity index (χ0v) is 11.2. The van der Waals surface area contributed by atoms with Crippen LogP contribution in [0.2, 0.25) is 10.0 Å². The summed E-state index contributed by atoms with van der Waals surface area (Å²) in [4.78, 5) is 0. The standard InChI is InChI=1S/C15H8Cl2FN/c16-12-5-6-15(18)13(8-12)11(9-19)7-10-3-1-2-4-14(10)17/h1-8H/b11-7+. The summed E-state index contributed by atoms with van der Waals surface area (Å²) in [5, 5.41) is 10.0. The molecule has 1 nitrogen and oxygen atoms in total. The SMILES string of the molecule is N#C/C(=C\c1ccccc1Cl)c1cc(Cl)ccc1F. The van der Waals surface area contributed by atoms with Gasteiger partial charge in [0, 0.05) is 15.6 Å². The first-order valence-corrected chi connectivity index (χ1v) is 6.19. The summed E-state index contributed by atoms with van der Waals surface area (Å²) in [7, 11) is 0. The molecule has 2 aromatic carbocycles. The average molecular weight is 292 g/mol. The maximum absolute atomic E-state index is 13.7. The lowest BCUT2D eigenvalue weighted by Crippen LogP contribution is -1.88. The zero-order valence-electron chi connectivity index (χ0n) is 9.70. The van der Waals surface area contributed by atoms with Gasteiger partial charge in [-0.3, -0.25) is 0 Å². The summed E-state index contributed by atoms with van der Waals surface area (Å²) < 4.78 is 13.7. The number of nitriles is 1. The molecule has 0 saturated carbocycles. The predicted molar refractivity (Wildman–Crippen MR) is 76.3 cm³/mol. The van der Waals surface area contributed by atoms with E-state index in [2.05, 4.69) is 0 Å². The molecule has 0 radical (unpaired) electrons. The Labute approximate surface area is 120 Å². The van der Waals surface area contributed by atoms with Crippen molar-refractivity contribution in [2.75, 3.05) is 0 Å². The molecule has 2 aromatic rings. The van der Waals surface area contributed by atoms with Crippen molar-refractivity contribution < 1.29 is 4.39 Å². The van der Waals surface area contributed by atoms with E-state index >= 15 is 0 Å². The first-order valence-electron chi connectivity index (χ1n) is 5.43. The Morgan fingerprint density at radius 3 is 2.58 bits per heavy atom. The summed E-state index contributed by atoms with van der Waals surface area (Å²) in [6.45, 7) is 0. The number of halogens is 3. The van der Waals surface area contributed by atoms with Crippen LogP contribution >= 0.6 is 23.2 Å². The van der Waals surface area contributed by atoms with Crippen LogP contribution in [0.5, 0.6) is 0 Å². The maximum atomic E-state index is 13.7. The molecule has 0 spiro atoms. The molecule has 19 heavy (non-hydrogen) atoms. The third kappa shape index (κ3) is 3.14. The summed E-state index contributed by atoms with van der Waals surface area (Å²) in [6, 6.07) is 13.1. The summed E-state index contributed by atoms with van der Waals surface area (Å²) in [5.41, 5.74) is 0.989. The van der Waals surface area contributed by atoms with Gasteiger partial charge in [-0.05, 0) is 35.9 Å². The van der Waals surface area contributed by atoms with E-state index in [9.17, 15) is 9.65 Å². The molecular formula is C15H8Cl2FN. The Hall–Kier alpha value is -1.82. The highest BCUT2D eigenvalue weighted by atomic mass is 35.5. The van der Waals surface area contributed by atoms with Crippen LogP contribution in [-0.4, -0.2) is 0 Å². The van der Waals surface area contributed by atoms with Gasteiger partial charge in [0.1, 0.15) is 5.82 Å². The lowest BCUT2D eigenvalue weighted by molar-refractivity contribution is 0.624. The minimum absolute atomic E-state index is 0.162. The van der Waals surface area contributed by atoms with Crippen molar-refractivity contribution in [1.82, 2.24) is 0 Å². The molecule has 94 valence electrons. The lowest BCUT2D eigenvalue weighted by atomic mass is 10.0. The molecule has 0 amide bonds. The number of allylic oxidation sites excluding steroid dienone is 1. The second-order valence-electron chi connectivity index (χ2n) is 3.82. The fourth-order valence-electron chi connectivity index (χ4n) is 1.62. The predicted octanol–water partition coefficient (Wildman–Crippen LogP) is 5.20. The summed E-state index contributed by atoms with van der Waals surface area (Å²) >= 11 is 11.8. The summed E-state index contributed by atoms with van der Waals surface area (Å²) in [6.07, 6.45) is 1.54. The molecule has 2 rings (SSSR count). The third-order valence-electron chi connectivity index (χ3n) is 2.54. The molecular weight excluding hydrogens is 284 g/mol. The second kappa shape index (κ2) is 5.88. The number of benzene rings is 2. The van der Waals surface area contributed by atoms with E-state index in [1.807, 2.05) is 6.07 Å². The Kier molecular flexibility index (Phi) is 4.21. The molecule has 0 bridgehead atoms. The van der Waals surface area contributed by atoms with Gasteiger partial charge in [-0.15, -0.1) is 0 Å². The summed E-state index contributed by atoms with van der Waals surface area (Å²) in [5.74, 6) is -0.496. The van der Waals surface area contributed by atoms with Gasteiger partial charge in [0.2, 0.25) is 0 Å². The van der Waals surface area contributed by atoms with Crippen LogP contribution in [0, 0.1) is 17.1 Å². The Morgan fingerprint density at radius 2 is 1.89 bits per heavy atom. The highest BCUT2D eigenvalue weighted by Gasteiger charge is 2.09. The molecule has 0 aliphatic heterocycles. The van der Waals surface area contributed by atoms with Crippen molar-refractivity contribution in [3.8, 4) is 6.07 Å². The molecule has 0 saturated heterocycles. The number of hydrogen-bond donors (Lipinski definition) is 0. The maximum Gasteiger partial charge on any atom is 0.131 e. The van der Waals surface area contributed by atoms with E-state index in [0.717, 1.165) is 0 Å². The van der Waals surface area contributed by atoms with E-state index < -0.39 is 5.82 Å². The first-order chi connectivity index (χ1) is 9.11. The molecule has 0 atom stereocenters. The van der Waals surface area contributed by atoms with Gasteiger partial charge < -0.3 is 0 Å². The van der Waals surface area contributed by atoms with Gasteiger partial charge in [-0.1, -0.05) is 41.4 Å². The van der Waals surface area contributed by atoms with Crippen LogP contribution in [-0.2, 0) is 0 Å². The van der Waals surface area contributed by atoms with Crippen LogP contribution in [0.1, 0.15) is 11.1 Å². The van der Waals surface area contributed by atoms with Crippen LogP contribution in [0.25, 0.3) is 11.6 Å². The second-order valence-corrected chi connectivity index (χ2v) is 4.66. The third-order valence-corrected chi connectivity index (χ3v) is 3.12. The Bertz CT molecular complexity index is 687. The van der Waals surface area contributed by atoms with Gasteiger partial charge in [0.15, 0.2) is 0 Å². The number of rotatable bonds is 2. The zero-order chi connectivity index (χ0) is 13.8. The van der Waals surface area contributed by atoms with Crippen molar-refractivity contribution in [3.05, 3.63) is 69.5 Å². The minimum atomic E-state index is -0.496. The van der Waals surface area contributed by atoms with Gasteiger partial charge >= 0.3 is 0 Å². The molecule has 0 aliphatic rings. The smallest absolute Gasteiger partial charge is 0.131 e. The Balaban J connectivity index is 2.55. The molecule has 0 aromatic heterocycles. The number of hydrogen-bond acceptors (Lipinski definition) is 1. The molecule has 0 fully saturated rings. The molecule has 0 unspecified atom stereocenters. The van der Waals surface area contributed by atoms with Crippen molar-refractivity contribution in [1.29, 1.82) is 5.26 Å². The van der Waals surface area contributed by atoms with E-state index in [-0.39, 0.29) is 11.1 Å². The van der Waals surface area contributed by atoms with Gasteiger partial charge in [-0.2, -0.15) is 5.26 Å². The lowest BCUT2D eigenvalue weighted by Gasteiger charge is -2.03. The largest absolute Gasteiger partial charge is 0.206 e. The average Bonchev–Trinajstić information content (AvgIpc) is 2.41. The van der Waals surface area contributed by atoms with E-state index in [1.54, 1.807) is 24.3 Å². The quantitative estimate of drug-likeness (QED) is 0.551. The molecule has 0 aliphatic carbocycles. The van der Waals surface area contributed by atoms with Gasteiger partial charge in [0.05, 0.1) is 11.6 Å². The molecule has 0 N–H and O–H groups in total. The topological polar surface area (TPSA) is 23.8 Å². The fraction of sp³-hybridized carbons (Fsp3) is 0. The Morgan fingerprint density at radius 1 is 1.16 bits per heavy atom. The normalized spacial score (nSPS) is 11.2. The fourth-order valence-corrected chi connectivity index (χ4v) is 1.98. The highest BCUT2D eigenvalue weighted by Crippen LogP contribution is 2.26. The van der Waals surface area contributed by atoms with Crippen molar-refractivity contribution in [3.63, 3.8) is 0 Å². The van der Waals surface area contributed by atoms with Crippen LogP contribution in [0.3, 0.4) is 0 Å². The van der Waals surface area contributed by atoms with E-state index in [4.69, 9.17) is 23.2 Å². The highest BCUT2D eigenvalue weighted by molar-refractivity contribution is 6.32. The van der Waals surface area contributed by atoms with Crippen molar-refractivity contribution in [2.24, 2.45) is 0 Å². The van der Waals surface area contributed by atoms with E-state index in [0.29, 0.717) is 15.6 Å². The first kappa shape index (κ1) is 13.6. The monoisotopic (exact) mass is 291 g/mol. The minimum Gasteiger partial charge on any atom is -0.206 e. The van der Waals surface area contributed by atoms with Gasteiger partial charge in [0.25, 0.3) is 0 Å². The van der Waals surface area contributed by atoms with Crippen molar-refractivity contribution in [2.45, 2.75) is 0 Å². The molecule has 4 heteroatoms. The van der Waals surface area contributed by atoms with Crippen molar-refractivity contribution >= 4 is 34.9 Å². The van der Waals surface area contributed by atoms with E-state index in [1.165, 1.54) is 24.3 Å². The van der Waals surface area contributed by atoms with Crippen LogP contribution < -0.4 is 0 Å². The van der Waals surface area contributed by atoms with Crippen LogP contribution in [0.15, 0.2) is 42.5 Å². The number of nitrogens with zero attached hydrogens (tertiary/aromatic N) is 1. The molecule has 0 heterocycles.